The number of hydrogen-bond donors (Lipinski definition) is 1. The molecule has 1 fully saturated rings. The fourth-order valence-electron chi connectivity index (χ4n) is 3.16. The molecule has 2 heterocycles. The second-order valence-corrected chi connectivity index (χ2v) is 6.19. The Labute approximate surface area is 149 Å². The average Bonchev–Trinajstić information content (AvgIpc) is 2.68. The molecule has 2 aromatic rings. The van der Waals surface area contributed by atoms with Crippen molar-refractivity contribution in [2.75, 3.05) is 16.8 Å². The quantitative estimate of drug-likeness (QED) is 0.836. The van der Waals surface area contributed by atoms with Gasteiger partial charge in [-0.25, -0.2) is 23.1 Å². The molecule has 1 aromatic carbocycles. The molecule has 1 saturated heterocycles. The number of amides is 1. The maximum atomic E-state index is 13.7. The molecule has 8 heteroatoms. The Kier molecular flexibility index (Phi) is 5.39. The molecule has 1 amide bonds. The van der Waals surface area contributed by atoms with Crippen molar-refractivity contribution in [3.63, 3.8) is 0 Å². The summed E-state index contributed by atoms with van der Waals surface area (Å²) in [7, 11) is 0. The molecule has 3 rings (SSSR count). The number of benzene rings is 1. The lowest BCUT2D eigenvalue weighted by Crippen LogP contribution is -2.39. The minimum Gasteiger partial charge on any atom is -0.354 e. The molecule has 26 heavy (non-hydrogen) atoms. The van der Waals surface area contributed by atoms with E-state index in [4.69, 9.17) is 0 Å². The molecule has 1 N–H and O–H groups in total. The summed E-state index contributed by atoms with van der Waals surface area (Å²) in [6, 6.07) is 3.59. The molecule has 0 bridgehead atoms. The molecule has 1 unspecified atom stereocenters. The lowest BCUT2D eigenvalue weighted by Gasteiger charge is -2.36. The van der Waals surface area contributed by atoms with Crippen LogP contribution in [-0.4, -0.2) is 28.5 Å². The van der Waals surface area contributed by atoms with Gasteiger partial charge in [0.2, 0.25) is 0 Å². The van der Waals surface area contributed by atoms with Gasteiger partial charge in [0.15, 0.2) is 17.5 Å². The molecule has 5 nitrogen and oxygen atoms in total. The molecule has 0 aliphatic carbocycles. The van der Waals surface area contributed by atoms with Crippen LogP contribution in [-0.2, 0) is 0 Å². The van der Waals surface area contributed by atoms with Gasteiger partial charge in [-0.2, -0.15) is 0 Å². The molecule has 138 valence electrons. The summed E-state index contributed by atoms with van der Waals surface area (Å²) in [6.45, 7) is 2.94. The van der Waals surface area contributed by atoms with E-state index in [2.05, 4.69) is 27.1 Å². The van der Waals surface area contributed by atoms with Gasteiger partial charge in [-0.05, 0) is 37.8 Å². The third-order valence-electron chi connectivity index (χ3n) is 4.56. The van der Waals surface area contributed by atoms with E-state index in [9.17, 15) is 18.0 Å². The minimum atomic E-state index is -1.63. The predicted octanol–water partition coefficient (Wildman–Crippen LogP) is 3.92. The van der Waals surface area contributed by atoms with Crippen molar-refractivity contribution >= 4 is 17.4 Å². The second-order valence-electron chi connectivity index (χ2n) is 6.19. The summed E-state index contributed by atoms with van der Waals surface area (Å²) < 4.78 is 40.0. The van der Waals surface area contributed by atoms with Crippen LogP contribution in [0.3, 0.4) is 0 Å². The van der Waals surface area contributed by atoms with Crippen LogP contribution in [0.2, 0.25) is 0 Å². The molecule has 0 radical (unpaired) electrons. The first-order valence-corrected chi connectivity index (χ1v) is 8.54. The van der Waals surface area contributed by atoms with Gasteiger partial charge in [-0.1, -0.05) is 6.92 Å². The molecule has 0 spiro atoms. The Morgan fingerprint density at radius 1 is 1.23 bits per heavy atom. The highest BCUT2D eigenvalue weighted by molar-refractivity contribution is 6.03. The van der Waals surface area contributed by atoms with Crippen LogP contribution < -0.4 is 10.2 Å². The van der Waals surface area contributed by atoms with Gasteiger partial charge in [0.1, 0.15) is 17.8 Å². The van der Waals surface area contributed by atoms with Crippen molar-refractivity contribution in [2.24, 2.45) is 0 Å². The van der Waals surface area contributed by atoms with E-state index in [1.807, 2.05) is 0 Å². The number of anilines is 2. The number of rotatable bonds is 4. The molecular formula is C18H19F3N4O. The summed E-state index contributed by atoms with van der Waals surface area (Å²) >= 11 is 0. The maximum absolute atomic E-state index is 13.7. The highest BCUT2D eigenvalue weighted by atomic mass is 19.2. The molecular weight excluding hydrogens is 345 g/mol. The lowest BCUT2D eigenvalue weighted by atomic mass is 10.00. The van der Waals surface area contributed by atoms with Crippen LogP contribution in [0.25, 0.3) is 0 Å². The first kappa shape index (κ1) is 18.2. The highest BCUT2D eigenvalue weighted by Gasteiger charge is 2.23. The van der Waals surface area contributed by atoms with E-state index in [1.54, 1.807) is 0 Å². The summed E-state index contributed by atoms with van der Waals surface area (Å²) in [5.41, 5.74) is -0.418. The van der Waals surface area contributed by atoms with Gasteiger partial charge in [0.05, 0.1) is 5.69 Å². The Bertz CT molecular complexity index is 815. The standard InChI is InChI=1S/C18H19F3N4O/c1-2-11-5-3-4-8-25(11)15-9-14(22-10-23-15)18(26)24-13-7-6-12(19)16(20)17(13)21/h6-7,9-11H,2-5,8H2,1H3,(H,24,26). The number of carbonyl (C=O) groups excluding carboxylic acids is 1. The van der Waals surface area contributed by atoms with Crippen LogP contribution in [0.1, 0.15) is 43.1 Å². The van der Waals surface area contributed by atoms with Crippen molar-refractivity contribution in [3.8, 4) is 0 Å². The Morgan fingerprint density at radius 3 is 2.81 bits per heavy atom. The van der Waals surface area contributed by atoms with E-state index in [-0.39, 0.29) is 5.69 Å². The number of halogens is 3. The first-order valence-electron chi connectivity index (χ1n) is 8.54. The summed E-state index contributed by atoms with van der Waals surface area (Å²) in [5.74, 6) is -4.49. The van der Waals surface area contributed by atoms with Crippen molar-refractivity contribution < 1.29 is 18.0 Å². The van der Waals surface area contributed by atoms with E-state index < -0.39 is 29.0 Å². The van der Waals surface area contributed by atoms with Crippen LogP contribution in [0.15, 0.2) is 24.5 Å². The van der Waals surface area contributed by atoms with Crippen LogP contribution >= 0.6 is 0 Å². The number of nitrogens with zero attached hydrogens (tertiary/aromatic N) is 3. The van der Waals surface area contributed by atoms with Gasteiger partial charge in [-0.15, -0.1) is 0 Å². The second kappa shape index (κ2) is 7.72. The van der Waals surface area contributed by atoms with Crippen molar-refractivity contribution in [1.29, 1.82) is 0 Å². The summed E-state index contributed by atoms with van der Waals surface area (Å²) in [6.07, 6.45) is 5.49. The maximum Gasteiger partial charge on any atom is 0.274 e. The largest absolute Gasteiger partial charge is 0.354 e. The molecule has 1 aromatic heterocycles. The van der Waals surface area contributed by atoms with Gasteiger partial charge < -0.3 is 10.2 Å². The number of piperidine rings is 1. The molecule has 0 saturated carbocycles. The first-order chi connectivity index (χ1) is 12.5. The van der Waals surface area contributed by atoms with Gasteiger partial charge in [0, 0.05) is 18.7 Å². The molecule has 1 aliphatic heterocycles. The average molecular weight is 364 g/mol. The zero-order valence-corrected chi connectivity index (χ0v) is 14.3. The van der Waals surface area contributed by atoms with Gasteiger partial charge in [-0.3, -0.25) is 4.79 Å². The monoisotopic (exact) mass is 364 g/mol. The van der Waals surface area contributed by atoms with Crippen LogP contribution in [0.5, 0.6) is 0 Å². The molecule has 1 aliphatic rings. The van der Waals surface area contributed by atoms with Gasteiger partial charge in [0.25, 0.3) is 5.91 Å². The van der Waals surface area contributed by atoms with Crippen LogP contribution in [0, 0.1) is 17.5 Å². The third-order valence-corrected chi connectivity index (χ3v) is 4.56. The lowest BCUT2D eigenvalue weighted by molar-refractivity contribution is 0.102. The van der Waals surface area contributed by atoms with E-state index in [1.165, 1.54) is 12.4 Å². The smallest absolute Gasteiger partial charge is 0.274 e. The number of hydrogen-bond acceptors (Lipinski definition) is 4. The zero-order chi connectivity index (χ0) is 18.7. The minimum absolute atomic E-state index is 0.0274. The summed E-state index contributed by atoms with van der Waals surface area (Å²) in [5, 5.41) is 2.22. The van der Waals surface area contributed by atoms with Crippen molar-refractivity contribution in [3.05, 3.63) is 47.7 Å². The van der Waals surface area contributed by atoms with E-state index in [0.29, 0.717) is 11.9 Å². The van der Waals surface area contributed by atoms with Crippen molar-refractivity contribution in [1.82, 2.24) is 9.97 Å². The fraction of sp³-hybridized carbons (Fsp3) is 0.389. The van der Waals surface area contributed by atoms with Crippen molar-refractivity contribution in [2.45, 2.75) is 38.6 Å². The Morgan fingerprint density at radius 2 is 2.04 bits per heavy atom. The number of aromatic nitrogens is 2. The molecule has 1 atom stereocenters. The van der Waals surface area contributed by atoms with E-state index >= 15 is 0 Å². The fourth-order valence-corrected chi connectivity index (χ4v) is 3.16. The number of carbonyl (C=O) groups is 1. The number of nitrogens with one attached hydrogen (secondary N) is 1. The summed E-state index contributed by atoms with van der Waals surface area (Å²) in [4.78, 5) is 22.6. The SMILES string of the molecule is CCC1CCCCN1c1cc(C(=O)Nc2ccc(F)c(F)c2F)ncn1. The third kappa shape index (κ3) is 3.63. The predicted molar refractivity (Wildman–Crippen MR) is 91.6 cm³/mol. The topological polar surface area (TPSA) is 58.1 Å². The Hall–Kier alpha value is -2.64. The highest BCUT2D eigenvalue weighted by Crippen LogP contribution is 2.25. The van der Waals surface area contributed by atoms with E-state index in [0.717, 1.165) is 44.4 Å². The normalized spacial score (nSPS) is 17.2. The zero-order valence-electron chi connectivity index (χ0n) is 14.3. The van der Waals surface area contributed by atoms with Gasteiger partial charge >= 0.3 is 0 Å². The Balaban J connectivity index is 1.81. The van der Waals surface area contributed by atoms with Crippen LogP contribution in [0.4, 0.5) is 24.7 Å².